The van der Waals surface area contributed by atoms with Gasteiger partial charge in [0.1, 0.15) is 12.3 Å². The Hall–Kier alpha value is -1.32. The van der Waals surface area contributed by atoms with Gasteiger partial charge >= 0.3 is 12.1 Å². The zero-order valence-electron chi connectivity index (χ0n) is 9.54. The van der Waals surface area contributed by atoms with Gasteiger partial charge in [0, 0.05) is 0 Å². The van der Waals surface area contributed by atoms with Gasteiger partial charge < -0.3 is 10.4 Å². The summed E-state index contributed by atoms with van der Waals surface area (Å²) in [7, 11) is -4.40. The number of nitrogens with one attached hydrogen (secondary N) is 1. The van der Waals surface area contributed by atoms with Crippen molar-refractivity contribution in [3.8, 4) is 0 Å². The smallest absolute Gasteiger partial charge is 0.405 e. The van der Waals surface area contributed by atoms with Gasteiger partial charge in [-0.15, -0.1) is 0 Å². The lowest BCUT2D eigenvalue weighted by molar-refractivity contribution is -0.139. The molecule has 0 aliphatic carbocycles. The average molecular weight is 291 g/mol. The minimum Gasteiger partial charge on any atom is -0.480 e. The largest absolute Gasteiger partial charge is 0.480 e. The highest BCUT2D eigenvalue weighted by Crippen LogP contribution is 2.18. The van der Waals surface area contributed by atoms with Crippen LogP contribution in [0.4, 0.5) is 13.2 Å². The summed E-state index contributed by atoms with van der Waals surface area (Å²) in [5.41, 5.74) is 0. The van der Waals surface area contributed by atoms with Crippen LogP contribution in [0.15, 0.2) is 0 Å². The molecule has 0 aliphatic heterocycles. The molecular weight excluding hydrogens is 279 g/mol. The molecule has 0 saturated heterocycles. The van der Waals surface area contributed by atoms with Crippen LogP contribution in [0.5, 0.6) is 0 Å². The van der Waals surface area contributed by atoms with Crippen molar-refractivity contribution in [1.29, 1.82) is 0 Å². The summed E-state index contributed by atoms with van der Waals surface area (Å²) in [6.07, 6.45) is -4.66. The van der Waals surface area contributed by atoms with Crippen LogP contribution in [0.1, 0.15) is 13.8 Å². The summed E-state index contributed by atoms with van der Waals surface area (Å²) in [5, 5.41) is 10.0. The lowest BCUT2D eigenvalue weighted by Crippen LogP contribution is -2.46. The van der Waals surface area contributed by atoms with Crippen molar-refractivity contribution in [2.75, 3.05) is 12.3 Å². The number of rotatable bonds is 5. The van der Waals surface area contributed by atoms with Gasteiger partial charge in [-0.1, -0.05) is 0 Å². The summed E-state index contributed by atoms with van der Waals surface area (Å²) in [5.74, 6) is -4.41. The molecule has 0 radical (unpaired) electrons. The van der Waals surface area contributed by atoms with Gasteiger partial charge in [0.15, 0.2) is 14.6 Å². The predicted molar refractivity (Wildman–Crippen MR) is 54.6 cm³/mol. The fourth-order valence-electron chi connectivity index (χ4n) is 0.736. The maximum Gasteiger partial charge on any atom is 0.405 e. The van der Waals surface area contributed by atoms with Crippen LogP contribution >= 0.6 is 0 Å². The Labute approximate surface area is 101 Å². The Balaban J connectivity index is 4.72. The molecule has 0 aliphatic rings. The summed E-state index contributed by atoms with van der Waals surface area (Å²) in [4.78, 5) is 21.7. The second-order valence-electron chi connectivity index (χ2n) is 3.97. The fraction of sp³-hybridized carbons (Fsp3) is 0.750. The number of sulfone groups is 1. The molecule has 10 heteroatoms. The summed E-state index contributed by atoms with van der Waals surface area (Å²) in [6, 6.07) is 0. The van der Waals surface area contributed by atoms with E-state index in [0.29, 0.717) is 0 Å². The number of halogens is 3. The van der Waals surface area contributed by atoms with Crippen LogP contribution in [-0.4, -0.2) is 48.6 Å². The lowest BCUT2D eigenvalue weighted by Gasteiger charge is -2.19. The molecule has 0 aromatic heterocycles. The molecule has 0 rings (SSSR count). The van der Waals surface area contributed by atoms with Crippen molar-refractivity contribution in [3.63, 3.8) is 0 Å². The second kappa shape index (κ2) is 5.12. The highest BCUT2D eigenvalue weighted by Gasteiger charge is 2.43. The minimum absolute atomic E-state index is 0.849. The molecule has 106 valence electrons. The van der Waals surface area contributed by atoms with E-state index in [1.165, 1.54) is 5.32 Å². The molecule has 0 atom stereocenters. The fourth-order valence-corrected chi connectivity index (χ4v) is 1.81. The van der Waals surface area contributed by atoms with Gasteiger partial charge in [0.2, 0.25) is 5.91 Å². The van der Waals surface area contributed by atoms with Crippen LogP contribution in [0.3, 0.4) is 0 Å². The molecule has 6 nitrogen and oxygen atoms in total. The number of carbonyl (C=O) groups is 2. The van der Waals surface area contributed by atoms with Crippen LogP contribution in [0, 0.1) is 0 Å². The average Bonchev–Trinajstić information content (AvgIpc) is 2.12. The van der Waals surface area contributed by atoms with Crippen LogP contribution in [-0.2, 0) is 19.4 Å². The lowest BCUT2D eigenvalue weighted by atomic mass is 10.2. The normalized spacial score (nSPS) is 13.2. The monoisotopic (exact) mass is 291 g/mol. The van der Waals surface area contributed by atoms with Gasteiger partial charge in [-0.25, -0.2) is 8.42 Å². The van der Waals surface area contributed by atoms with Crippen LogP contribution in [0.2, 0.25) is 0 Å². The summed E-state index contributed by atoms with van der Waals surface area (Å²) >= 11 is 0. The number of amides is 1. The van der Waals surface area contributed by atoms with Crippen LogP contribution in [0.25, 0.3) is 0 Å². The molecule has 1 amide bonds. The number of hydrogen-bond acceptors (Lipinski definition) is 4. The number of aliphatic carboxylic acids is 1. The molecule has 2 N–H and O–H groups in total. The predicted octanol–water partition coefficient (Wildman–Crippen LogP) is -0.0571. The van der Waals surface area contributed by atoms with Gasteiger partial charge in [-0.05, 0) is 13.8 Å². The van der Waals surface area contributed by atoms with Crippen molar-refractivity contribution in [2.24, 2.45) is 0 Å². The maximum atomic E-state index is 11.8. The molecule has 0 saturated carbocycles. The molecule has 0 aromatic rings. The van der Waals surface area contributed by atoms with E-state index in [2.05, 4.69) is 0 Å². The first-order valence-corrected chi connectivity index (χ1v) is 6.24. The number of carbonyl (C=O) groups excluding carboxylic acids is 1. The Morgan fingerprint density at radius 3 is 2.00 bits per heavy atom. The minimum atomic E-state index is -4.66. The van der Waals surface area contributed by atoms with Gasteiger partial charge in [-0.2, -0.15) is 13.2 Å². The van der Waals surface area contributed by atoms with Crippen molar-refractivity contribution in [2.45, 2.75) is 24.8 Å². The number of carboxylic acids is 1. The standard InChI is InChI=1S/C8H12F3NO5S/c1-7(2,6(14)15)18(16,17)3-5(13)12-4-8(9,10)11/h3-4H2,1-2H3,(H,12,13)(H,14,15). The first-order valence-electron chi connectivity index (χ1n) is 4.59. The Morgan fingerprint density at radius 1 is 1.22 bits per heavy atom. The third kappa shape index (κ3) is 4.51. The van der Waals surface area contributed by atoms with E-state index in [9.17, 15) is 31.2 Å². The van der Waals surface area contributed by atoms with Crippen molar-refractivity contribution in [3.05, 3.63) is 0 Å². The van der Waals surface area contributed by atoms with Gasteiger partial charge in [0.05, 0.1) is 0 Å². The molecule has 18 heavy (non-hydrogen) atoms. The zero-order chi connectivity index (χ0) is 14.8. The van der Waals surface area contributed by atoms with Crippen molar-refractivity contribution in [1.82, 2.24) is 5.32 Å². The van der Waals surface area contributed by atoms with E-state index in [1.54, 1.807) is 0 Å². The Bertz CT molecular complexity index is 440. The number of carboxylic acid groups (broad SMARTS) is 1. The number of hydrogen-bond donors (Lipinski definition) is 2. The van der Waals surface area contributed by atoms with Gasteiger partial charge in [-0.3, -0.25) is 9.59 Å². The third-order valence-electron chi connectivity index (χ3n) is 2.10. The van der Waals surface area contributed by atoms with E-state index in [1.807, 2.05) is 0 Å². The molecule has 0 aromatic carbocycles. The van der Waals surface area contributed by atoms with E-state index in [0.717, 1.165) is 13.8 Å². The summed E-state index contributed by atoms with van der Waals surface area (Å²) < 4.78 is 56.0. The zero-order valence-corrected chi connectivity index (χ0v) is 10.4. The highest BCUT2D eigenvalue weighted by molar-refractivity contribution is 7.94. The van der Waals surface area contributed by atoms with E-state index in [4.69, 9.17) is 5.11 Å². The molecule has 0 spiro atoms. The van der Waals surface area contributed by atoms with Crippen molar-refractivity contribution < 1.29 is 36.3 Å². The Kier molecular flexibility index (Phi) is 4.75. The molecule has 0 fully saturated rings. The highest BCUT2D eigenvalue weighted by atomic mass is 32.2. The Morgan fingerprint density at radius 2 is 1.67 bits per heavy atom. The first kappa shape index (κ1) is 16.7. The second-order valence-corrected chi connectivity index (χ2v) is 6.51. The third-order valence-corrected chi connectivity index (χ3v) is 4.47. The molecule has 0 heterocycles. The van der Waals surface area contributed by atoms with Gasteiger partial charge in [0.25, 0.3) is 0 Å². The molecule has 0 bridgehead atoms. The van der Waals surface area contributed by atoms with Crippen molar-refractivity contribution >= 4 is 21.7 Å². The van der Waals surface area contributed by atoms with E-state index < -0.39 is 44.9 Å². The topological polar surface area (TPSA) is 101 Å². The van der Waals surface area contributed by atoms with E-state index >= 15 is 0 Å². The first-order chi connectivity index (χ1) is 7.79. The van der Waals surface area contributed by atoms with Crippen LogP contribution < -0.4 is 5.32 Å². The number of alkyl halides is 3. The molecular formula is C8H12F3NO5S. The maximum absolute atomic E-state index is 11.8. The summed E-state index contributed by atoms with van der Waals surface area (Å²) in [6.45, 7) is 0.0261. The SMILES string of the molecule is CC(C)(C(=O)O)S(=O)(=O)CC(=O)NCC(F)(F)F. The molecule has 0 unspecified atom stereocenters. The quantitative estimate of drug-likeness (QED) is 0.739. The van der Waals surface area contributed by atoms with E-state index in [-0.39, 0.29) is 0 Å².